The van der Waals surface area contributed by atoms with Gasteiger partial charge in [0.15, 0.2) is 0 Å². The number of anilines is 1. The lowest BCUT2D eigenvalue weighted by Gasteiger charge is -2.27. The Morgan fingerprint density at radius 2 is 2.05 bits per heavy atom. The van der Waals surface area contributed by atoms with Gasteiger partial charge in [-0.05, 0) is 37.8 Å². The van der Waals surface area contributed by atoms with Crippen molar-refractivity contribution in [1.82, 2.24) is 4.98 Å². The second kappa shape index (κ2) is 4.96. The molecule has 1 fully saturated rings. The summed E-state index contributed by atoms with van der Waals surface area (Å²) in [5, 5.41) is 9.10. The number of halogens is 3. The van der Waals surface area contributed by atoms with Gasteiger partial charge in [-0.1, -0.05) is 0 Å². The summed E-state index contributed by atoms with van der Waals surface area (Å²) in [4.78, 5) is 16.2. The molecule has 1 aliphatic carbocycles. The van der Waals surface area contributed by atoms with Crippen molar-refractivity contribution in [3.05, 3.63) is 23.4 Å². The average molecular weight is 288 g/mol. The molecule has 0 bridgehead atoms. The molecule has 1 aromatic rings. The molecule has 1 heterocycles. The van der Waals surface area contributed by atoms with Gasteiger partial charge in [0.05, 0.1) is 0 Å². The Hall–Kier alpha value is -1.79. The molecule has 0 radical (unpaired) electrons. The molecule has 1 N–H and O–H groups in total. The number of pyridine rings is 1. The lowest BCUT2D eigenvalue weighted by molar-refractivity contribution is -0.141. The minimum atomic E-state index is -4.59. The lowest BCUT2D eigenvalue weighted by atomic mass is 10.1. The smallest absolute Gasteiger partial charge is 0.433 e. The van der Waals surface area contributed by atoms with Crippen LogP contribution in [0.2, 0.25) is 0 Å². The molecule has 1 atom stereocenters. The number of nitrogens with zero attached hydrogens (tertiary/aromatic N) is 2. The van der Waals surface area contributed by atoms with Gasteiger partial charge in [-0.3, -0.25) is 0 Å². The van der Waals surface area contributed by atoms with Gasteiger partial charge in [-0.2, -0.15) is 13.2 Å². The van der Waals surface area contributed by atoms with E-state index in [0.29, 0.717) is 12.0 Å². The van der Waals surface area contributed by atoms with Crippen LogP contribution in [0.25, 0.3) is 0 Å². The van der Waals surface area contributed by atoms with E-state index in [0.717, 1.165) is 18.9 Å². The van der Waals surface area contributed by atoms with E-state index in [1.807, 2.05) is 6.92 Å². The van der Waals surface area contributed by atoms with E-state index in [4.69, 9.17) is 5.11 Å². The topological polar surface area (TPSA) is 53.4 Å². The molecule has 2 rings (SSSR count). The Kier molecular flexibility index (Phi) is 3.62. The minimum Gasteiger partial charge on any atom is -0.478 e. The van der Waals surface area contributed by atoms with Crippen LogP contribution < -0.4 is 4.90 Å². The molecular weight excluding hydrogens is 273 g/mol. The summed E-state index contributed by atoms with van der Waals surface area (Å²) in [6, 6.07) is 1.62. The molecule has 1 aliphatic rings. The lowest BCUT2D eigenvalue weighted by Crippen LogP contribution is -2.33. The summed E-state index contributed by atoms with van der Waals surface area (Å²) in [6.07, 6.45) is -2.57. The molecular formula is C13H15F3N2O2. The summed E-state index contributed by atoms with van der Waals surface area (Å²) >= 11 is 0. The Balaban J connectivity index is 2.43. The third kappa shape index (κ3) is 2.86. The van der Waals surface area contributed by atoms with Crippen molar-refractivity contribution in [3.63, 3.8) is 0 Å². The van der Waals surface area contributed by atoms with Crippen molar-refractivity contribution in [1.29, 1.82) is 0 Å². The van der Waals surface area contributed by atoms with Gasteiger partial charge in [0.25, 0.3) is 0 Å². The molecule has 0 aliphatic heterocycles. The number of aromatic carboxylic acids is 1. The molecule has 0 saturated heterocycles. The fourth-order valence-electron chi connectivity index (χ4n) is 2.13. The first-order valence-corrected chi connectivity index (χ1v) is 6.26. The van der Waals surface area contributed by atoms with Crippen molar-refractivity contribution in [2.45, 2.75) is 32.0 Å². The van der Waals surface area contributed by atoms with Crippen LogP contribution in [0.4, 0.5) is 19.0 Å². The highest BCUT2D eigenvalue weighted by Gasteiger charge is 2.36. The average Bonchev–Trinajstić information content (AvgIpc) is 3.19. The SMILES string of the molecule is CC(C1CC1)N(C)c1nc(C(F)(F)F)ccc1C(=O)O. The zero-order valence-electron chi connectivity index (χ0n) is 11.1. The maximum atomic E-state index is 12.7. The maximum Gasteiger partial charge on any atom is 0.433 e. The van der Waals surface area contributed by atoms with E-state index < -0.39 is 17.8 Å². The molecule has 1 saturated carbocycles. The Labute approximate surface area is 114 Å². The Morgan fingerprint density at radius 1 is 1.45 bits per heavy atom. The number of carboxylic acid groups (broad SMARTS) is 1. The van der Waals surface area contributed by atoms with E-state index in [2.05, 4.69) is 4.98 Å². The van der Waals surface area contributed by atoms with Crippen LogP contribution >= 0.6 is 0 Å². The maximum absolute atomic E-state index is 12.7. The predicted molar refractivity (Wildman–Crippen MR) is 66.8 cm³/mol. The summed E-state index contributed by atoms with van der Waals surface area (Å²) in [5.41, 5.74) is -1.29. The first-order valence-electron chi connectivity index (χ1n) is 6.26. The zero-order chi connectivity index (χ0) is 15.1. The van der Waals surface area contributed by atoms with Gasteiger partial charge in [0.2, 0.25) is 0 Å². The molecule has 110 valence electrons. The monoisotopic (exact) mass is 288 g/mol. The molecule has 7 heteroatoms. The van der Waals surface area contributed by atoms with Crippen molar-refractivity contribution in [2.75, 3.05) is 11.9 Å². The number of alkyl halides is 3. The van der Waals surface area contributed by atoms with Crippen LogP contribution in [0.15, 0.2) is 12.1 Å². The molecule has 1 unspecified atom stereocenters. The fraction of sp³-hybridized carbons (Fsp3) is 0.538. The highest BCUT2D eigenvalue weighted by Crippen LogP contribution is 2.37. The third-order valence-electron chi connectivity index (χ3n) is 3.65. The number of aromatic nitrogens is 1. The summed E-state index contributed by atoms with van der Waals surface area (Å²) in [7, 11) is 1.58. The Bertz CT molecular complexity index is 527. The highest BCUT2D eigenvalue weighted by atomic mass is 19.4. The predicted octanol–water partition coefficient (Wildman–Crippen LogP) is 3.03. The van der Waals surface area contributed by atoms with Gasteiger partial charge in [-0.15, -0.1) is 0 Å². The molecule has 4 nitrogen and oxygen atoms in total. The minimum absolute atomic E-state index is 0.0379. The van der Waals surface area contributed by atoms with Crippen molar-refractivity contribution < 1.29 is 23.1 Å². The van der Waals surface area contributed by atoms with Crippen LogP contribution in [0, 0.1) is 5.92 Å². The Morgan fingerprint density at radius 3 is 2.50 bits per heavy atom. The second-order valence-corrected chi connectivity index (χ2v) is 5.06. The number of carboxylic acids is 1. The molecule has 0 spiro atoms. The molecule has 20 heavy (non-hydrogen) atoms. The zero-order valence-corrected chi connectivity index (χ0v) is 11.1. The quantitative estimate of drug-likeness (QED) is 0.925. The van der Waals surface area contributed by atoms with Crippen LogP contribution in [-0.2, 0) is 6.18 Å². The van der Waals surface area contributed by atoms with Crippen LogP contribution in [-0.4, -0.2) is 29.1 Å². The van der Waals surface area contributed by atoms with E-state index in [1.165, 1.54) is 4.90 Å². The van der Waals surface area contributed by atoms with Gasteiger partial charge >= 0.3 is 12.1 Å². The van der Waals surface area contributed by atoms with E-state index in [9.17, 15) is 18.0 Å². The number of rotatable bonds is 4. The van der Waals surface area contributed by atoms with Gasteiger partial charge in [0, 0.05) is 13.1 Å². The normalized spacial score (nSPS) is 16.9. The van der Waals surface area contributed by atoms with Crippen LogP contribution in [0.1, 0.15) is 35.8 Å². The number of hydrogen-bond donors (Lipinski definition) is 1. The largest absolute Gasteiger partial charge is 0.478 e. The summed E-state index contributed by atoms with van der Waals surface area (Å²) < 4.78 is 38.1. The molecule has 1 aromatic heterocycles. The first kappa shape index (κ1) is 14.6. The summed E-state index contributed by atoms with van der Waals surface area (Å²) in [6.45, 7) is 1.87. The fourth-order valence-corrected chi connectivity index (χ4v) is 2.13. The number of carbonyl (C=O) groups is 1. The van der Waals surface area contributed by atoms with Crippen LogP contribution in [0.5, 0.6) is 0 Å². The van der Waals surface area contributed by atoms with Gasteiger partial charge in [-0.25, -0.2) is 9.78 Å². The van der Waals surface area contributed by atoms with Crippen LogP contribution in [0.3, 0.4) is 0 Å². The molecule has 0 aromatic carbocycles. The van der Waals surface area contributed by atoms with E-state index >= 15 is 0 Å². The van der Waals surface area contributed by atoms with Crippen molar-refractivity contribution in [3.8, 4) is 0 Å². The van der Waals surface area contributed by atoms with E-state index in [1.54, 1.807) is 7.05 Å². The van der Waals surface area contributed by atoms with Crippen molar-refractivity contribution >= 4 is 11.8 Å². The van der Waals surface area contributed by atoms with Crippen molar-refractivity contribution in [2.24, 2.45) is 5.92 Å². The van der Waals surface area contributed by atoms with Gasteiger partial charge < -0.3 is 10.0 Å². The third-order valence-corrected chi connectivity index (χ3v) is 3.65. The second-order valence-electron chi connectivity index (χ2n) is 5.06. The standard InChI is InChI=1S/C13H15F3N2O2/c1-7(8-3-4-8)18(2)11-9(12(19)20)5-6-10(17-11)13(14,15)16/h5-8H,3-4H2,1-2H3,(H,19,20). The summed E-state index contributed by atoms with van der Waals surface area (Å²) in [5.74, 6) is -1.03. The highest BCUT2D eigenvalue weighted by molar-refractivity contribution is 5.93. The van der Waals surface area contributed by atoms with Gasteiger partial charge in [0.1, 0.15) is 17.1 Å². The number of hydrogen-bond acceptors (Lipinski definition) is 3. The first-order chi connectivity index (χ1) is 9.21. The molecule has 0 amide bonds. The van der Waals surface area contributed by atoms with E-state index in [-0.39, 0.29) is 17.4 Å².